The molecule has 1 fully saturated rings. The van der Waals surface area contributed by atoms with Crippen LogP contribution in [0.3, 0.4) is 0 Å². The minimum atomic E-state index is -1.13. The number of esters is 2. The lowest BCUT2D eigenvalue weighted by Gasteiger charge is -2.21. The van der Waals surface area contributed by atoms with E-state index in [2.05, 4.69) is 4.85 Å². The first-order valence-corrected chi connectivity index (χ1v) is 6.02. The molecule has 100 valence electrons. The number of rotatable bonds is 4. The van der Waals surface area contributed by atoms with Gasteiger partial charge in [-0.15, -0.1) is 0 Å². The highest BCUT2D eigenvalue weighted by molar-refractivity contribution is 5.84. The van der Waals surface area contributed by atoms with Gasteiger partial charge in [0.05, 0.1) is 11.8 Å². The number of cyclic esters (lactones) is 1. The summed E-state index contributed by atoms with van der Waals surface area (Å²) in [5.74, 6) is -0.842. The van der Waals surface area contributed by atoms with Gasteiger partial charge in [-0.2, -0.15) is 0 Å². The normalized spacial score (nSPS) is 27.5. The van der Waals surface area contributed by atoms with Crippen LogP contribution in [0.5, 0.6) is 0 Å². The zero-order valence-corrected chi connectivity index (χ0v) is 11.3. The molecule has 1 aliphatic heterocycles. The van der Waals surface area contributed by atoms with Gasteiger partial charge in [-0.05, 0) is 20.3 Å². The second kappa shape index (κ2) is 4.97. The highest BCUT2D eigenvalue weighted by Gasteiger charge is 2.52. The predicted octanol–water partition coefficient (Wildman–Crippen LogP) is 1.96. The van der Waals surface area contributed by atoms with Crippen LogP contribution >= 0.6 is 0 Å². The molecule has 5 nitrogen and oxygen atoms in total. The highest BCUT2D eigenvalue weighted by Crippen LogP contribution is 2.30. The minimum Gasteiger partial charge on any atom is -0.461 e. The summed E-state index contributed by atoms with van der Waals surface area (Å²) in [5, 5.41) is 0. The van der Waals surface area contributed by atoms with Gasteiger partial charge < -0.3 is 9.47 Å². The molecule has 0 N–H and O–H groups in total. The maximum absolute atomic E-state index is 11.7. The first-order chi connectivity index (χ1) is 8.25. The molecule has 1 rings (SSSR count). The zero-order valence-electron chi connectivity index (χ0n) is 11.3. The summed E-state index contributed by atoms with van der Waals surface area (Å²) in [7, 11) is 0. The molecule has 0 aliphatic carbocycles. The molecule has 18 heavy (non-hydrogen) atoms. The van der Waals surface area contributed by atoms with Gasteiger partial charge in [0.2, 0.25) is 0 Å². The first kappa shape index (κ1) is 14.5. The molecule has 5 heteroatoms. The fraction of sp³-hybridized carbons (Fsp3) is 0.769. The standard InChI is InChI=1S/C13H19NO4/c1-6-12(2,3)10(15)17-8-9-7-13(4,14-5)11(16)18-9/h9H,6-8H2,1-4H3. The third kappa shape index (κ3) is 2.81. The van der Waals surface area contributed by atoms with Crippen molar-refractivity contribution in [2.75, 3.05) is 6.61 Å². The van der Waals surface area contributed by atoms with Crippen molar-refractivity contribution in [2.45, 2.75) is 52.2 Å². The van der Waals surface area contributed by atoms with E-state index in [-0.39, 0.29) is 19.0 Å². The topological polar surface area (TPSA) is 57.0 Å². The molecule has 0 radical (unpaired) electrons. The quantitative estimate of drug-likeness (QED) is 0.567. The Morgan fingerprint density at radius 1 is 1.67 bits per heavy atom. The van der Waals surface area contributed by atoms with E-state index < -0.39 is 23.0 Å². The Balaban J connectivity index is 2.51. The smallest absolute Gasteiger partial charge is 0.393 e. The van der Waals surface area contributed by atoms with Crippen molar-refractivity contribution in [1.29, 1.82) is 0 Å². The number of carbonyl (C=O) groups excluding carboxylic acids is 2. The van der Waals surface area contributed by atoms with Gasteiger partial charge in [0.15, 0.2) is 0 Å². The zero-order chi connectivity index (χ0) is 14.0. The molecule has 0 bridgehead atoms. The Morgan fingerprint density at radius 3 is 2.72 bits per heavy atom. The van der Waals surface area contributed by atoms with Gasteiger partial charge in [0.1, 0.15) is 12.7 Å². The van der Waals surface area contributed by atoms with E-state index in [1.807, 2.05) is 6.92 Å². The molecule has 0 amide bonds. The Hall–Kier alpha value is -1.57. The molecular formula is C13H19NO4. The van der Waals surface area contributed by atoms with E-state index in [1.54, 1.807) is 20.8 Å². The predicted molar refractivity (Wildman–Crippen MR) is 64.5 cm³/mol. The molecule has 1 saturated heterocycles. The van der Waals surface area contributed by atoms with E-state index in [0.29, 0.717) is 6.42 Å². The van der Waals surface area contributed by atoms with Crippen LogP contribution < -0.4 is 0 Å². The van der Waals surface area contributed by atoms with Gasteiger partial charge in [0, 0.05) is 6.92 Å². The summed E-state index contributed by atoms with van der Waals surface area (Å²) in [4.78, 5) is 26.5. The van der Waals surface area contributed by atoms with Gasteiger partial charge in [-0.1, -0.05) is 6.92 Å². The van der Waals surface area contributed by atoms with Crippen molar-refractivity contribution in [1.82, 2.24) is 0 Å². The van der Waals surface area contributed by atoms with Crippen LogP contribution in [0.2, 0.25) is 0 Å². The molecule has 0 aromatic heterocycles. The number of nitrogens with zero attached hydrogens (tertiary/aromatic N) is 1. The summed E-state index contributed by atoms with van der Waals surface area (Å²) in [5.41, 5.74) is -1.66. The second-order valence-electron chi connectivity index (χ2n) is 5.45. The van der Waals surface area contributed by atoms with Gasteiger partial charge in [-0.3, -0.25) is 9.64 Å². The maximum Gasteiger partial charge on any atom is 0.393 e. The fourth-order valence-corrected chi connectivity index (χ4v) is 1.54. The molecule has 0 saturated carbocycles. The molecular weight excluding hydrogens is 234 g/mol. The third-order valence-electron chi connectivity index (χ3n) is 3.42. The molecule has 2 unspecified atom stereocenters. The average molecular weight is 253 g/mol. The largest absolute Gasteiger partial charge is 0.461 e. The van der Waals surface area contributed by atoms with Crippen molar-refractivity contribution < 1.29 is 19.1 Å². The maximum atomic E-state index is 11.7. The Bertz CT molecular complexity index is 396. The summed E-state index contributed by atoms with van der Waals surface area (Å²) in [6.07, 6.45) is 0.443. The Morgan fingerprint density at radius 2 is 2.28 bits per heavy atom. The monoisotopic (exact) mass is 253 g/mol. The van der Waals surface area contributed by atoms with Crippen LogP contribution in [0.25, 0.3) is 4.85 Å². The van der Waals surface area contributed by atoms with E-state index in [1.165, 1.54) is 0 Å². The van der Waals surface area contributed by atoms with Crippen LogP contribution in [0, 0.1) is 12.0 Å². The summed E-state index contributed by atoms with van der Waals surface area (Å²) >= 11 is 0. The van der Waals surface area contributed by atoms with Crippen molar-refractivity contribution in [3.8, 4) is 0 Å². The molecule has 0 aromatic carbocycles. The van der Waals surface area contributed by atoms with Gasteiger partial charge >= 0.3 is 17.5 Å². The average Bonchev–Trinajstić information content (AvgIpc) is 2.62. The van der Waals surface area contributed by atoms with Gasteiger partial charge in [-0.25, -0.2) is 11.4 Å². The van der Waals surface area contributed by atoms with E-state index >= 15 is 0 Å². The van der Waals surface area contributed by atoms with Crippen molar-refractivity contribution >= 4 is 11.9 Å². The number of hydrogen-bond donors (Lipinski definition) is 0. The van der Waals surface area contributed by atoms with E-state index in [4.69, 9.17) is 16.0 Å². The minimum absolute atomic E-state index is 0.0269. The summed E-state index contributed by atoms with van der Waals surface area (Å²) in [6, 6.07) is 0. The number of ether oxygens (including phenoxy) is 2. The van der Waals surface area contributed by atoms with Crippen molar-refractivity contribution in [2.24, 2.45) is 5.41 Å². The second-order valence-corrected chi connectivity index (χ2v) is 5.45. The number of carbonyl (C=O) groups is 2. The fourth-order valence-electron chi connectivity index (χ4n) is 1.54. The van der Waals surface area contributed by atoms with Crippen molar-refractivity contribution in [3.05, 3.63) is 11.4 Å². The Labute approximate surface area is 107 Å². The Kier molecular flexibility index (Phi) is 4.00. The van der Waals surface area contributed by atoms with Crippen LogP contribution in [-0.2, 0) is 19.1 Å². The molecule has 1 aliphatic rings. The summed E-state index contributed by atoms with van der Waals surface area (Å²) < 4.78 is 10.2. The van der Waals surface area contributed by atoms with Gasteiger partial charge in [0.25, 0.3) is 0 Å². The lowest BCUT2D eigenvalue weighted by molar-refractivity contribution is -0.160. The molecule has 2 atom stereocenters. The SMILES string of the molecule is [C-]#[N+]C1(C)CC(COC(=O)C(C)(C)CC)OC1=O. The highest BCUT2D eigenvalue weighted by atomic mass is 16.6. The molecule has 0 aromatic rings. The lowest BCUT2D eigenvalue weighted by atomic mass is 9.91. The summed E-state index contributed by atoms with van der Waals surface area (Å²) in [6.45, 7) is 14.1. The van der Waals surface area contributed by atoms with Crippen LogP contribution in [0.15, 0.2) is 0 Å². The third-order valence-corrected chi connectivity index (χ3v) is 3.42. The first-order valence-electron chi connectivity index (χ1n) is 6.02. The number of hydrogen-bond acceptors (Lipinski definition) is 4. The van der Waals surface area contributed by atoms with Crippen LogP contribution in [0.4, 0.5) is 0 Å². The van der Waals surface area contributed by atoms with Crippen LogP contribution in [0.1, 0.15) is 40.5 Å². The van der Waals surface area contributed by atoms with Crippen LogP contribution in [-0.4, -0.2) is 30.2 Å². The molecule has 0 spiro atoms. The molecule has 1 heterocycles. The van der Waals surface area contributed by atoms with E-state index in [9.17, 15) is 9.59 Å². The van der Waals surface area contributed by atoms with E-state index in [0.717, 1.165) is 0 Å². The van der Waals surface area contributed by atoms with Crippen molar-refractivity contribution in [3.63, 3.8) is 0 Å². The lowest BCUT2D eigenvalue weighted by Crippen LogP contribution is -2.29.